The third kappa shape index (κ3) is 6.29. The van der Waals surface area contributed by atoms with E-state index < -0.39 is 0 Å². The quantitative estimate of drug-likeness (QED) is 0.705. The molecule has 1 unspecified atom stereocenters. The Morgan fingerprint density at radius 3 is 2.40 bits per heavy atom. The van der Waals surface area contributed by atoms with Crippen molar-refractivity contribution in [3.8, 4) is 11.5 Å². The van der Waals surface area contributed by atoms with Crippen molar-refractivity contribution in [2.75, 3.05) is 20.3 Å². The summed E-state index contributed by atoms with van der Waals surface area (Å²) in [5.74, 6) is 2.32. The molecule has 0 amide bonds. The zero-order valence-electron chi connectivity index (χ0n) is 13.3. The maximum Gasteiger partial charge on any atom is 0.161 e. The van der Waals surface area contributed by atoms with E-state index in [1.807, 2.05) is 24.3 Å². The lowest BCUT2D eigenvalue weighted by Crippen LogP contribution is -2.29. The second kappa shape index (κ2) is 9.65. The summed E-state index contributed by atoms with van der Waals surface area (Å²) < 4.78 is 11.2. The molecule has 1 rings (SSSR count). The SMILES string of the molecule is CCCC(CCOc1ccccc1OC)CNC(C)C. The van der Waals surface area contributed by atoms with Gasteiger partial charge in [0.05, 0.1) is 13.7 Å². The van der Waals surface area contributed by atoms with Crippen LogP contribution in [0.5, 0.6) is 11.5 Å². The standard InChI is InChI=1S/C17H29NO2/c1-5-8-15(13-18-14(2)3)11-12-20-17-10-7-6-9-16(17)19-4/h6-7,9-10,14-15,18H,5,8,11-13H2,1-4H3. The van der Waals surface area contributed by atoms with E-state index in [1.54, 1.807) is 7.11 Å². The lowest BCUT2D eigenvalue weighted by molar-refractivity contribution is 0.254. The minimum atomic E-state index is 0.546. The molecule has 1 aromatic rings. The van der Waals surface area contributed by atoms with Crippen molar-refractivity contribution in [1.82, 2.24) is 5.32 Å². The fourth-order valence-electron chi connectivity index (χ4n) is 2.23. The summed E-state index contributed by atoms with van der Waals surface area (Å²) in [4.78, 5) is 0. The maximum atomic E-state index is 5.86. The van der Waals surface area contributed by atoms with E-state index in [0.29, 0.717) is 12.0 Å². The molecule has 0 spiro atoms. The van der Waals surface area contributed by atoms with Gasteiger partial charge in [-0.1, -0.05) is 39.3 Å². The number of para-hydroxylation sites is 2. The highest BCUT2D eigenvalue weighted by Crippen LogP contribution is 2.26. The molecule has 3 heteroatoms. The van der Waals surface area contributed by atoms with Crippen LogP contribution >= 0.6 is 0 Å². The first-order chi connectivity index (χ1) is 9.67. The minimum Gasteiger partial charge on any atom is -0.493 e. The molecule has 0 aliphatic carbocycles. The van der Waals surface area contributed by atoms with Crippen LogP contribution in [0.15, 0.2) is 24.3 Å². The lowest BCUT2D eigenvalue weighted by atomic mass is 10.00. The zero-order valence-corrected chi connectivity index (χ0v) is 13.3. The van der Waals surface area contributed by atoms with Gasteiger partial charge in [-0.05, 0) is 37.4 Å². The Balaban J connectivity index is 2.39. The summed E-state index contributed by atoms with van der Waals surface area (Å²) in [7, 11) is 1.68. The summed E-state index contributed by atoms with van der Waals surface area (Å²) >= 11 is 0. The van der Waals surface area contributed by atoms with Crippen molar-refractivity contribution >= 4 is 0 Å². The molecule has 1 aromatic carbocycles. The maximum absolute atomic E-state index is 5.86. The first-order valence-electron chi connectivity index (χ1n) is 7.66. The van der Waals surface area contributed by atoms with Crippen molar-refractivity contribution in [2.24, 2.45) is 5.92 Å². The topological polar surface area (TPSA) is 30.5 Å². The van der Waals surface area contributed by atoms with Gasteiger partial charge in [0.15, 0.2) is 11.5 Å². The second-order valence-electron chi connectivity index (χ2n) is 5.51. The van der Waals surface area contributed by atoms with Crippen molar-refractivity contribution in [2.45, 2.75) is 46.1 Å². The summed E-state index contributed by atoms with van der Waals surface area (Å²) in [6.07, 6.45) is 3.54. The monoisotopic (exact) mass is 279 g/mol. The number of rotatable bonds is 10. The molecule has 114 valence electrons. The average molecular weight is 279 g/mol. The molecule has 1 N–H and O–H groups in total. The Morgan fingerprint density at radius 2 is 1.80 bits per heavy atom. The average Bonchev–Trinajstić information content (AvgIpc) is 2.45. The van der Waals surface area contributed by atoms with E-state index in [-0.39, 0.29) is 0 Å². The fourth-order valence-corrected chi connectivity index (χ4v) is 2.23. The first-order valence-corrected chi connectivity index (χ1v) is 7.66. The van der Waals surface area contributed by atoms with Gasteiger partial charge in [-0.3, -0.25) is 0 Å². The van der Waals surface area contributed by atoms with E-state index in [2.05, 4.69) is 26.1 Å². The first kappa shape index (κ1) is 16.8. The van der Waals surface area contributed by atoms with E-state index in [4.69, 9.17) is 9.47 Å². The molecular formula is C17H29NO2. The summed E-state index contributed by atoms with van der Waals surface area (Å²) in [6.45, 7) is 8.43. The highest BCUT2D eigenvalue weighted by atomic mass is 16.5. The Hall–Kier alpha value is -1.22. The van der Waals surface area contributed by atoms with E-state index in [1.165, 1.54) is 12.8 Å². The summed E-state index contributed by atoms with van der Waals surface area (Å²) in [5, 5.41) is 3.52. The van der Waals surface area contributed by atoms with Gasteiger partial charge in [-0.2, -0.15) is 0 Å². The number of hydrogen-bond acceptors (Lipinski definition) is 3. The van der Waals surface area contributed by atoms with E-state index in [9.17, 15) is 0 Å². The number of benzene rings is 1. The fraction of sp³-hybridized carbons (Fsp3) is 0.647. The van der Waals surface area contributed by atoms with Crippen LogP contribution in [0, 0.1) is 5.92 Å². The molecule has 1 atom stereocenters. The van der Waals surface area contributed by atoms with Gasteiger partial charge in [-0.15, -0.1) is 0 Å². The Labute approximate surface area is 123 Å². The molecule has 20 heavy (non-hydrogen) atoms. The molecular weight excluding hydrogens is 250 g/mol. The van der Waals surface area contributed by atoms with Crippen molar-refractivity contribution in [3.05, 3.63) is 24.3 Å². The van der Waals surface area contributed by atoms with Gasteiger partial charge in [0.2, 0.25) is 0 Å². The Kier molecular flexibility index (Phi) is 8.12. The number of hydrogen-bond donors (Lipinski definition) is 1. The third-order valence-electron chi connectivity index (χ3n) is 3.36. The smallest absolute Gasteiger partial charge is 0.161 e. The lowest BCUT2D eigenvalue weighted by Gasteiger charge is -2.19. The molecule has 0 aliphatic rings. The predicted molar refractivity (Wildman–Crippen MR) is 84.6 cm³/mol. The molecule has 3 nitrogen and oxygen atoms in total. The van der Waals surface area contributed by atoms with Gasteiger partial charge in [-0.25, -0.2) is 0 Å². The Morgan fingerprint density at radius 1 is 1.10 bits per heavy atom. The Bertz CT molecular complexity index is 366. The largest absolute Gasteiger partial charge is 0.493 e. The van der Waals surface area contributed by atoms with Crippen LogP contribution in [-0.4, -0.2) is 26.3 Å². The minimum absolute atomic E-state index is 0.546. The van der Waals surface area contributed by atoms with Gasteiger partial charge in [0.1, 0.15) is 0 Å². The molecule has 0 saturated carbocycles. The zero-order chi connectivity index (χ0) is 14.8. The summed E-state index contributed by atoms with van der Waals surface area (Å²) in [5.41, 5.74) is 0. The molecule has 0 fully saturated rings. The molecule has 0 saturated heterocycles. The molecule has 0 radical (unpaired) electrons. The van der Waals surface area contributed by atoms with Crippen molar-refractivity contribution in [3.63, 3.8) is 0 Å². The van der Waals surface area contributed by atoms with Crippen LogP contribution in [-0.2, 0) is 0 Å². The predicted octanol–water partition coefficient (Wildman–Crippen LogP) is 3.88. The summed E-state index contributed by atoms with van der Waals surface area (Å²) in [6, 6.07) is 8.36. The van der Waals surface area contributed by atoms with Gasteiger partial charge >= 0.3 is 0 Å². The van der Waals surface area contributed by atoms with Crippen LogP contribution in [0.3, 0.4) is 0 Å². The van der Waals surface area contributed by atoms with Crippen LogP contribution in [0.1, 0.15) is 40.0 Å². The third-order valence-corrected chi connectivity index (χ3v) is 3.36. The van der Waals surface area contributed by atoms with Crippen LogP contribution in [0.25, 0.3) is 0 Å². The molecule has 0 aliphatic heterocycles. The molecule has 0 heterocycles. The van der Waals surface area contributed by atoms with Crippen LogP contribution < -0.4 is 14.8 Å². The molecule has 0 bridgehead atoms. The second-order valence-corrected chi connectivity index (χ2v) is 5.51. The number of ether oxygens (including phenoxy) is 2. The highest BCUT2D eigenvalue weighted by molar-refractivity contribution is 5.39. The van der Waals surface area contributed by atoms with Gasteiger partial charge in [0, 0.05) is 6.04 Å². The van der Waals surface area contributed by atoms with Crippen molar-refractivity contribution in [1.29, 1.82) is 0 Å². The molecule has 0 aromatic heterocycles. The van der Waals surface area contributed by atoms with E-state index in [0.717, 1.165) is 31.1 Å². The van der Waals surface area contributed by atoms with E-state index >= 15 is 0 Å². The van der Waals surface area contributed by atoms with Crippen LogP contribution in [0.4, 0.5) is 0 Å². The van der Waals surface area contributed by atoms with Gasteiger partial charge < -0.3 is 14.8 Å². The normalized spacial score (nSPS) is 12.4. The van der Waals surface area contributed by atoms with Crippen molar-refractivity contribution < 1.29 is 9.47 Å². The number of methoxy groups -OCH3 is 1. The van der Waals surface area contributed by atoms with Crippen LogP contribution in [0.2, 0.25) is 0 Å². The van der Waals surface area contributed by atoms with Gasteiger partial charge in [0.25, 0.3) is 0 Å². The number of nitrogens with one attached hydrogen (secondary N) is 1. The highest BCUT2D eigenvalue weighted by Gasteiger charge is 2.10.